The standard InChI is InChI=1S/C20H25N9O4/c1-31-15-8-6-7-13(17(15)32-2)11-22-24-20(30)16-14(12-28-9-4-3-5-10-28)29(27-23-16)19-18(21)25-33-26-19/h6-8,11H,3-5,9-10,12H2,1-2H3,(H2,21,25)(H,24,30)/b22-11+. The van der Waals surface area contributed by atoms with Crippen LogP contribution in [0, 0.1) is 0 Å². The van der Waals surface area contributed by atoms with E-state index in [1.54, 1.807) is 25.3 Å². The molecule has 0 saturated carbocycles. The van der Waals surface area contributed by atoms with Gasteiger partial charge in [0.05, 0.1) is 26.1 Å². The second kappa shape index (κ2) is 10.1. The van der Waals surface area contributed by atoms with E-state index in [0.29, 0.717) is 29.3 Å². The van der Waals surface area contributed by atoms with E-state index < -0.39 is 5.91 Å². The van der Waals surface area contributed by atoms with E-state index in [9.17, 15) is 4.79 Å². The summed E-state index contributed by atoms with van der Waals surface area (Å²) in [4.78, 5) is 15.2. The van der Waals surface area contributed by atoms with Gasteiger partial charge in [0.1, 0.15) is 0 Å². The summed E-state index contributed by atoms with van der Waals surface area (Å²) < 4.78 is 16.7. The van der Waals surface area contributed by atoms with Crippen molar-refractivity contribution in [1.82, 2.24) is 35.6 Å². The number of amides is 1. The number of carbonyl (C=O) groups excluding carboxylic acids is 1. The van der Waals surface area contributed by atoms with Gasteiger partial charge in [0.15, 0.2) is 17.2 Å². The fourth-order valence-corrected chi connectivity index (χ4v) is 3.68. The summed E-state index contributed by atoms with van der Waals surface area (Å²) in [7, 11) is 3.08. The van der Waals surface area contributed by atoms with Gasteiger partial charge < -0.3 is 15.2 Å². The maximum absolute atomic E-state index is 12.9. The summed E-state index contributed by atoms with van der Waals surface area (Å²) in [5.41, 5.74) is 9.60. The molecule has 33 heavy (non-hydrogen) atoms. The highest BCUT2D eigenvalue weighted by atomic mass is 16.6. The highest BCUT2D eigenvalue weighted by Gasteiger charge is 2.26. The summed E-state index contributed by atoms with van der Waals surface area (Å²) in [5.74, 6) is 0.761. The number of likely N-dealkylation sites (tertiary alicyclic amines) is 1. The lowest BCUT2D eigenvalue weighted by atomic mass is 10.1. The molecule has 0 bridgehead atoms. The molecule has 1 aliphatic rings. The number of para-hydroxylation sites is 1. The molecular formula is C20H25N9O4. The number of nitrogen functional groups attached to an aromatic ring is 1. The Morgan fingerprint density at radius 2 is 2.06 bits per heavy atom. The Hall–Kier alpha value is -4.00. The number of nitrogens with zero attached hydrogens (tertiary/aromatic N) is 7. The number of methoxy groups -OCH3 is 2. The molecule has 1 amide bonds. The van der Waals surface area contributed by atoms with Gasteiger partial charge in [0, 0.05) is 12.1 Å². The molecule has 0 atom stereocenters. The van der Waals surface area contributed by atoms with Crippen LogP contribution < -0.4 is 20.6 Å². The third-order valence-electron chi connectivity index (χ3n) is 5.30. The molecule has 0 aliphatic carbocycles. The minimum absolute atomic E-state index is 0.0508. The number of nitrogens with two attached hydrogens (primary N) is 1. The van der Waals surface area contributed by atoms with Gasteiger partial charge in [-0.2, -0.15) is 9.78 Å². The molecule has 174 valence electrons. The van der Waals surface area contributed by atoms with Crippen molar-refractivity contribution in [2.45, 2.75) is 25.8 Å². The molecule has 0 radical (unpaired) electrons. The van der Waals surface area contributed by atoms with Crippen LogP contribution in [-0.2, 0) is 6.54 Å². The first-order valence-corrected chi connectivity index (χ1v) is 10.4. The van der Waals surface area contributed by atoms with Crippen molar-refractivity contribution < 1.29 is 18.9 Å². The molecular weight excluding hydrogens is 430 g/mol. The van der Waals surface area contributed by atoms with E-state index in [2.05, 4.69) is 36.1 Å². The van der Waals surface area contributed by atoms with Crippen molar-refractivity contribution in [3.8, 4) is 17.3 Å². The summed E-state index contributed by atoms with van der Waals surface area (Å²) in [6.07, 6.45) is 4.82. The molecule has 2 aromatic heterocycles. The Balaban J connectivity index is 1.58. The normalized spacial score (nSPS) is 14.5. The molecule has 3 N–H and O–H groups in total. The van der Waals surface area contributed by atoms with Crippen LogP contribution in [0.2, 0.25) is 0 Å². The topological polar surface area (TPSA) is 159 Å². The molecule has 0 unspecified atom stereocenters. The van der Waals surface area contributed by atoms with Gasteiger partial charge in [-0.15, -0.1) is 5.10 Å². The van der Waals surface area contributed by atoms with Crippen molar-refractivity contribution in [2.75, 3.05) is 33.0 Å². The molecule has 3 aromatic rings. The number of aromatic nitrogens is 5. The fraction of sp³-hybridized carbons (Fsp3) is 0.400. The molecule has 1 saturated heterocycles. The predicted octanol–water partition coefficient (Wildman–Crippen LogP) is 0.999. The number of piperidine rings is 1. The molecule has 3 heterocycles. The Labute approximate surface area is 189 Å². The van der Waals surface area contributed by atoms with Gasteiger partial charge in [-0.05, 0) is 48.4 Å². The van der Waals surface area contributed by atoms with Crippen molar-refractivity contribution in [2.24, 2.45) is 5.10 Å². The predicted molar refractivity (Wildman–Crippen MR) is 117 cm³/mol. The van der Waals surface area contributed by atoms with Crippen LogP contribution >= 0.6 is 0 Å². The number of hydrogen-bond acceptors (Lipinski definition) is 11. The third-order valence-corrected chi connectivity index (χ3v) is 5.30. The lowest BCUT2D eigenvalue weighted by molar-refractivity contribution is 0.0947. The Bertz CT molecular complexity index is 1130. The van der Waals surface area contributed by atoms with Gasteiger partial charge in [0.25, 0.3) is 5.91 Å². The number of hydrogen-bond donors (Lipinski definition) is 2. The number of nitrogens with one attached hydrogen (secondary N) is 1. The second-order valence-corrected chi connectivity index (χ2v) is 7.39. The summed E-state index contributed by atoms with van der Waals surface area (Å²) in [5, 5.41) is 19.6. The number of benzene rings is 1. The number of rotatable bonds is 8. The monoisotopic (exact) mass is 455 g/mol. The largest absolute Gasteiger partial charge is 0.493 e. The maximum atomic E-state index is 12.9. The van der Waals surface area contributed by atoms with Gasteiger partial charge in [0.2, 0.25) is 11.6 Å². The highest BCUT2D eigenvalue weighted by molar-refractivity contribution is 5.94. The minimum atomic E-state index is -0.526. The van der Waals surface area contributed by atoms with Crippen LogP contribution in [0.4, 0.5) is 5.82 Å². The van der Waals surface area contributed by atoms with Crippen molar-refractivity contribution in [1.29, 1.82) is 0 Å². The molecule has 13 nitrogen and oxygen atoms in total. The van der Waals surface area contributed by atoms with Crippen LogP contribution in [0.1, 0.15) is 41.0 Å². The summed E-state index contributed by atoms with van der Waals surface area (Å²) in [6.45, 7) is 2.26. The second-order valence-electron chi connectivity index (χ2n) is 7.39. The molecule has 13 heteroatoms. The summed E-state index contributed by atoms with van der Waals surface area (Å²) in [6, 6.07) is 5.35. The van der Waals surface area contributed by atoms with Crippen LogP contribution in [0.3, 0.4) is 0 Å². The van der Waals surface area contributed by atoms with Gasteiger partial charge in [-0.1, -0.05) is 17.7 Å². The Morgan fingerprint density at radius 1 is 1.24 bits per heavy atom. The van der Waals surface area contributed by atoms with Gasteiger partial charge in [-0.25, -0.2) is 10.1 Å². The average molecular weight is 455 g/mol. The fourth-order valence-electron chi connectivity index (χ4n) is 3.68. The minimum Gasteiger partial charge on any atom is -0.493 e. The molecule has 0 spiro atoms. The van der Waals surface area contributed by atoms with E-state index in [-0.39, 0.29) is 17.3 Å². The van der Waals surface area contributed by atoms with Crippen LogP contribution in [0.5, 0.6) is 11.5 Å². The number of anilines is 1. The molecule has 1 fully saturated rings. The number of ether oxygens (including phenoxy) is 2. The van der Waals surface area contributed by atoms with Crippen LogP contribution in [0.15, 0.2) is 27.9 Å². The van der Waals surface area contributed by atoms with E-state index in [1.165, 1.54) is 24.4 Å². The zero-order valence-electron chi connectivity index (χ0n) is 18.4. The SMILES string of the molecule is COc1cccc(/C=N/NC(=O)c2nnn(-c3nonc3N)c2CN2CCCCC2)c1OC. The first-order chi connectivity index (χ1) is 16.1. The summed E-state index contributed by atoms with van der Waals surface area (Å²) >= 11 is 0. The van der Waals surface area contributed by atoms with Crippen LogP contribution in [0.25, 0.3) is 5.82 Å². The molecule has 1 aromatic carbocycles. The Kier molecular flexibility index (Phi) is 6.78. The lowest BCUT2D eigenvalue weighted by Crippen LogP contribution is -2.31. The van der Waals surface area contributed by atoms with Crippen LogP contribution in [-0.4, -0.2) is 69.6 Å². The number of carbonyl (C=O) groups is 1. The van der Waals surface area contributed by atoms with E-state index in [4.69, 9.17) is 19.8 Å². The first-order valence-electron chi connectivity index (χ1n) is 10.4. The third kappa shape index (κ3) is 4.77. The molecule has 1 aliphatic heterocycles. The van der Waals surface area contributed by atoms with Gasteiger partial charge in [-0.3, -0.25) is 9.69 Å². The zero-order chi connectivity index (χ0) is 23.2. The van der Waals surface area contributed by atoms with Crippen molar-refractivity contribution >= 4 is 17.9 Å². The first kappa shape index (κ1) is 22.2. The smallest absolute Gasteiger partial charge is 0.293 e. The molecule has 4 rings (SSSR count). The van der Waals surface area contributed by atoms with Crippen molar-refractivity contribution in [3.63, 3.8) is 0 Å². The van der Waals surface area contributed by atoms with Gasteiger partial charge >= 0.3 is 0 Å². The highest BCUT2D eigenvalue weighted by Crippen LogP contribution is 2.29. The lowest BCUT2D eigenvalue weighted by Gasteiger charge is -2.26. The zero-order valence-corrected chi connectivity index (χ0v) is 18.4. The Morgan fingerprint density at radius 3 is 2.76 bits per heavy atom. The van der Waals surface area contributed by atoms with E-state index in [1.807, 2.05) is 0 Å². The number of hydrazone groups is 1. The average Bonchev–Trinajstić information content (AvgIpc) is 3.45. The van der Waals surface area contributed by atoms with Crippen molar-refractivity contribution in [3.05, 3.63) is 35.2 Å². The van der Waals surface area contributed by atoms with E-state index >= 15 is 0 Å². The maximum Gasteiger partial charge on any atom is 0.293 e. The van der Waals surface area contributed by atoms with E-state index in [0.717, 1.165) is 25.9 Å². The quantitative estimate of drug-likeness (QED) is 0.370.